The zero-order chi connectivity index (χ0) is 18.6. The highest BCUT2D eigenvalue weighted by Gasteiger charge is 2.20. The summed E-state index contributed by atoms with van der Waals surface area (Å²) in [5, 5.41) is 2.55. The van der Waals surface area contributed by atoms with Crippen LogP contribution in [0, 0.1) is 0 Å². The third-order valence-corrected chi connectivity index (χ3v) is 3.73. The van der Waals surface area contributed by atoms with Gasteiger partial charge in [-0.3, -0.25) is 0 Å². The second-order valence-electron chi connectivity index (χ2n) is 5.68. The van der Waals surface area contributed by atoms with E-state index in [0.29, 0.717) is 6.42 Å². The topological polar surface area (TPSA) is 64.6 Å². The summed E-state index contributed by atoms with van der Waals surface area (Å²) in [5.41, 5.74) is 2.05. The molecule has 1 atom stereocenters. The van der Waals surface area contributed by atoms with Gasteiger partial charge in [-0.1, -0.05) is 72.8 Å². The maximum Gasteiger partial charge on any atom is 0.408 e. The molecule has 0 aliphatic heterocycles. The Bertz CT molecular complexity index is 713. The van der Waals surface area contributed by atoms with Gasteiger partial charge in [0, 0.05) is 0 Å². The van der Waals surface area contributed by atoms with Gasteiger partial charge in [0.25, 0.3) is 0 Å². The molecule has 136 valence electrons. The average Bonchev–Trinajstić information content (AvgIpc) is 2.69. The van der Waals surface area contributed by atoms with Gasteiger partial charge in [-0.25, -0.2) is 9.59 Å². The second kappa shape index (κ2) is 10.7. The number of esters is 1. The van der Waals surface area contributed by atoms with E-state index < -0.39 is 18.1 Å². The fourth-order valence-corrected chi connectivity index (χ4v) is 2.33. The van der Waals surface area contributed by atoms with Crippen molar-refractivity contribution in [1.82, 2.24) is 5.32 Å². The molecule has 2 aromatic carbocycles. The largest absolute Gasteiger partial charge is 0.467 e. The standard InChI is InChI=1S/C21H23NO4/c1-25-20(23)19(15-9-8-12-17-10-4-2-5-11-17)22-21(24)26-16-18-13-6-3-7-14-18/h2-11,13-14,19H,12,15-16H2,1H3,(H,22,24)/b9-8+/t19-/m0/s1. The van der Waals surface area contributed by atoms with Gasteiger partial charge in [-0.2, -0.15) is 0 Å². The molecule has 26 heavy (non-hydrogen) atoms. The van der Waals surface area contributed by atoms with Crippen molar-refractivity contribution in [2.24, 2.45) is 0 Å². The van der Waals surface area contributed by atoms with E-state index in [2.05, 4.69) is 5.32 Å². The van der Waals surface area contributed by atoms with Gasteiger partial charge in [-0.05, 0) is 24.0 Å². The van der Waals surface area contributed by atoms with E-state index in [-0.39, 0.29) is 6.61 Å². The van der Waals surface area contributed by atoms with Crippen molar-refractivity contribution < 1.29 is 19.1 Å². The molecule has 1 N–H and O–H groups in total. The number of carbonyl (C=O) groups excluding carboxylic acids is 2. The number of allylic oxidation sites excluding steroid dienone is 1. The molecule has 0 fully saturated rings. The molecule has 0 aliphatic carbocycles. The molecule has 0 saturated carbocycles. The van der Waals surface area contributed by atoms with Crippen molar-refractivity contribution in [3.8, 4) is 0 Å². The maximum atomic E-state index is 11.9. The monoisotopic (exact) mass is 353 g/mol. The molecule has 1 amide bonds. The number of nitrogens with one attached hydrogen (secondary N) is 1. The van der Waals surface area contributed by atoms with Gasteiger partial charge in [-0.15, -0.1) is 0 Å². The zero-order valence-corrected chi connectivity index (χ0v) is 14.8. The number of ether oxygens (including phenoxy) is 2. The zero-order valence-electron chi connectivity index (χ0n) is 14.8. The van der Waals surface area contributed by atoms with Crippen LogP contribution in [0.2, 0.25) is 0 Å². The summed E-state index contributed by atoms with van der Waals surface area (Å²) >= 11 is 0. The smallest absolute Gasteiger partial charge is 0.408 e. The summed E-state index contributed by atoms with van der Waals surface area (Å²) in [6.45, 7) is 0.143. The van der Waals surface area contributed by atoms with E-state index in [9.17, 15) is 9.59 Å². The van der Waals surface area contributed by atoms with Crippen LogP contribution in [0.1, 0.15) is 17.5 Å². The van der Waals surface area contributed by atoms with E-state index in [0.717, 1.165) is 12.0 Å². The third-order valence-electron chi connectivity index (χ3n) is 3.73. The van der Waals surface area contributed by atoms with E-state index >= 15 is 0 Å². The number of rotatable bonds is 8. The number of benzene rings is 2. The van der Waals surface area contributed by atoms with Crippen LogP contribution in [0.3, 0.4) is 0 Å². The van der Waals surface area contributed by atoms with Gasteiger partial charge in [0.2, 0.25) is 0 Å². The van der Waals surface area contributed by atoms with Crippen LogP contribution in [0.25, 0.3) is 0 Å². The van der Waals surface area contributed by atoms with Crippen LogP contribution >= 0.6 is 0 Å². The predicted octanol–water partition coefficient (Wildman–Crippen LogP) is 3.64. The SMILES string of the molecule is COC(=O)[C@H](C/C=C/Cc1ccccc1)NC(=O)OCc1ccccc1. The molecule has 0 aliphatic rings. The molecular formula is C21H23NO4. The molecule has 0 bridgehead atoms. The van der Waals surface area contributed by atoms with E-state index in [1.54, 1.807) is 0 Å². The minimum absolute atomic E-state index is 0.143. The third kappa shape index (κ3) is 6.81. The Morgan fingerprint density at radius 3 is 2.19 bits per heavy atom. The van der Waals surface area contributed by atoms with Crippen molar-refractivity contribution in [3.63, 3.8) is 0 Å². The summed E-state index contributed by atoms with van der Waals surface area (Å²) < 4.78 is 9.90. The average molecular weight is 353 g/mol. The number of carbonyl (C=O) groups is 2. The highest BCUT2D eigenvalue weighted by Crippen LogP contribution is 2.04. The molecule has 5 heteroatoms. The Morgan fingerprint density at radius 2 is 1.58 bits per heavy atom. The Labute approximate surface area is 153 Å². The van der Waals surface area contributed by atoms with Gasteiger partial charge < -0.3 is 14.8 Å². The first-order valence-corrected chi connectivity index (χ1v) is 8.43. The first-order chi connectivity index (χ1) is 12.7. The molecule has 0 unspecified atom stereocenters. The molecule has 0 aromatic heterocycles. The Balaban J connectivity index is 1.82. The van der Waals surface area contributed by atoms with Crippen LogP contribution in [-0.2, 0) is 27.3 Å². The van der Waals surface area contributed by atoms with Gasteiger partial charge in [0.1, 0.15) is 12.6 Å². The van der Waals surface area contributed by atoms with Crippen molar-refractivity contribution in [1.29, 1.82) is 0 Å². The van der Waals surface area contributed by atoms with Crippen molar-refractivity contribution in [2.45, 2.75) is 25.5 Å². The summed E-state index contributed by atoms with van der Waals surface area (Å²) in [4.78, 5) is 23.8. The lowest BCUT2D eigenvalue weighted by Gasteiger charge is -2.15. The second-order valence-corrected chi connectivity index (χ2v) is 5.68. The number of hydrogen-bond donors (Lipinski definition) is 1. The fraction of sp³-hybridized carbons (Fsp3) is 0.238. The molecule has 0 saturated heterocycles. The molecule has 2 aromatic rings. The molecule has 2 rings (SSSR count). The maximum absolute atomic E-state index is 11.9. The van der Waals surface area contributed by atoms with Crippen molar-refractivity contribution >= 4 is 12.1 Å². The number of methoxy groups -OCH3 is 1. The molecule has 0 spiro atoms. The lowest BCUT2D eigenvalue weighted by molar-refractivity contribution is -0.142. The molecule has 0 heterocycles. The van der Waals surface area contributed by atoms with E-state index in [1.165, 1.54) is 12.7 Å². The minimum atomic E-state index is -0.782. The summed E-state index contributed by atoms with van der Waals surface area (Å²) in [6, 6.07) is 18.5. The number of alkyl carbamates (subject to hydrolysis) is 1. The lowest BCUT2D eigenvalue weighted by Crippen LogP contribution is -2.41. The highest BCUT2D eigenvalue weighted by molar-refractivity contribution is 5.81. The van der Waals surface area contributed by atoms with Gasteiger partial charge in [0.05, 0.1) is 7.11 Å². The van der Waals surface area contributed by atoms with Crippen molar-refractivity contribution in [2.75, 3.05) is 7.11 Å². The lowest BCUT2D eigenvalue weighted by atomic mass is 10.1. The van der Waals surface area contributed by atoms with Gasteiger partial charge in [0.15, 0.2) is 0 Å². The molecular weight excluding hydrogens is 330 g/mol. The highest BCUT2D eigenvalue weighted by atomic mass is 16.6. The summed E-state index contributed by atoms with van der Waals surface area (Å²) in [6.07, 6.45) is 4.25. The normalized spacial score (nSPS) is 11.7. The predicted molar refractivity (Wildman–Crippen MR) is 99.5 cm³/mol. The van der Waals surface area contributed by atoms with Crippen LogP contribution in [-0.4, -0.2) is 25.2 Å². The number of amides is 1. The minimum Gasteiger partial charge on any atom is -0.467 e. The quantitative estimate of drug-likeness (QED) is 0.581. The first-order valence-electron chi connectivity index (χ1n) is 8.43. The van der Waals surface area contributed by atoms with E-state index in [1.807, 2.05) is 72.8 Å². The molecule has 0 radical (unpaired) electrons. The fourth-order valence-electron chi connectivity index (χ4n) is 2.33. The number of hydrogen-bond acceptors (Lipinski definition) is 4. The van der Waals surface area contributed by atoms with Crippen LogP contribution in [0.4, 0.5) is 4.79 Å². The van der Waals surface area contributed by atoms with Gasteiger partial charge >= 0.3 is 12.1 Å². The summed E-state index contributed by atoms with van der Waals surface area (Å²) in [7, 11) is 1.29. The van der Waals surface area contributed by atoms with Crippen molar-refractivity contribution in [3.05, 3.63) is 83.9 Å². The summed E-state index contributed by atoms with van der Waals surface area (Å²) in [5.74, 6) is -0.508. The molecule has 5 nitrogen and oxygen atoms in total. The first kappa shape index (κ1) is 19.2. The van der Waals surface area contributed by atoms with Crippen LogP contribution in [0.5, 0.6) is 0 Å². The Kier molecular flexibility index (Phi) is 7.93. The van der Waals surface area contributed by atoms with E-state index in [4.69, 9.17) is 9.47 Å². The van der Waals surface area contributed by atoms with Crippen LogP contribution in [0.15, 0.2) is 72.8 Å². The van der Waals surface area contributed by atoms with Crippen LogP contribution < -0.4 is 5.32 Å². The Morgan fingerprint density at radius 1 is 0.962 bits per heavy atom. The Hall–Kier alpha value is -3.08.